The van der Waals surface area contributed by atoms with Crippen molar-refractivity contribution in [3.63, 3.8) is 0 Å². The lowest BCUT2D eigenvalue weighted by Crippen LogP contribution is -2.52. The highest BCUT2D eigenvalue weighted by atomic mass is 127. The van der Waals surface area contributed by atoms with Crippen LogP contribution < -0.4 is 24.3 Å². The molecule has 1 aliphatic heterocycles. The Hall–Kier alpha value is -2.40. The lowest BCUT2D eigenvalue weighted by atomic mass is 10.1. The fourth-order valence-electron chi connectivity index (χ4n) is 3.96. The van der Waals surface area contributed by atoms with Gasteiger partial charge in [-0.1, -0.05) is 12.1 Å². The fraction of sp³-hybridized carbons (Fsp3) is 0.458. The van der Waals surface area contributed by atoms with Gasteiger partial charge in [-0.3, -0.25) is 9.89 Å². The zero-order valence-corrected chi connectivity index (χ0v) is 22.4. The second-order valence-electron chi connectivity index (χ2n) is 7.49. The highest BCUT2D eigenvalue weighted by molar-refractivity contribution is 14.0. The summed E-state index contributed by atoms with van der Waals surface area (Å²) in [5, 5.41) is 3.46. The molecule has 33 heavy (non-hydrogen) atoms. The van der Waals surface area contributed by atoms with Crippen molar-refractivity contribution in [2.24, 2.45) is 4.99 Å². The molecule has 0 aromatic heterocycles. The van der Waals surface area contributed by atoms with E-state index in [0.29, 0.717) is 6.54 Å². The summed E-state index contributed by atoms with van der Waals surface area (Å²) in [6, 6.07) is 11.8. The Morgan fingerprint density at radius 2 is 1.61 bits per heavy atom. The molecule has 1 aliphatic rings. The molecule has 3 rings (SSSR count). The normalized spacial score (nSPS) is 14.3. The molecule has 0 bridgehead atoms. The van der Waals surface area contributed by atoms with Crippen LogP contribution in [0.25, 0.3) is 0 Å². The van der Waals surface area contributed by atoms with Crippen LogP contribution in [0.2, 0.25) is 0 Å². The van der Waals surface area contributed by atoms with Crippen LogP contribution in [0, 0.1) is 0 Å². The van der Waals surface area contributed by atoms with Crippen molar-refractivity contribution >= 4 is 29.9 Å². The summed E-state index contributed by atoms with van der Waals surface area (Å²) in [6.45, 7) is 5.07. The molecular weight excluding hydrogens is 535 g/mol. The van der Waals surface area contributed by atoms with Gasteiger partial charge in [0.2, 0.25) is 0 Å². The molecule has 0 unspecified atom stereocenters. The van der Waals surface area contributed by atoms with Crippen molar-refractivity contribution < 1.29 is 18.9 Å². The molecule has 1 saturated heterocycles. The SMILES string of the molecule is CN=C(NCc1cccc(OC)c1OC)N1CCN(Cc2cc(OC)ccc2OC)CC1.I. The number of halogens is 1. The average Bonchev–Trinajstić information content (AvgIpc) is 2.84. The zero-order chi connectivity index (χ0) is 22.9. The summed E-state index contributed by atoms with van der Waals surface area (Å²) in [7, 11) is 8.51. The van der Waals surface area contributed by atoms with Crippen molar-refractivity contribution in [3.8, 4) is 23.0 Å². The first-order valence-electron chi connectivity index (χ1n) is 10.7. The summed E-state index contributed by atoms with van der Waals surface area (Å²) in [5.74, 6) is 4.09. The van der Waals surface area contributed by atoms with E-state index in [0.717, 1.165) is 72.8 Å². The minimum Gasteiger partial charge on any atom is -0.497 e. The van der Waals surface area contributed by atoms with E-state index in [1.807, 2.05) is 43.4 Å². The van der Waals surface area contributed by atoms with Crippen LogP contribution in [-0.4, -0.2) is 77.4 Å². The Morgan fingerprint density at radius 1 is 0.879 bits per heavy atom. The second kappa shape index (κ2) is 13.3. The number of rotatable bonds is 8. The van der Waals surface area contributed by atoms with Gasteiger partial charge >= 0.3 is 0 Å². The lowest BCUT2D eigenvalue weighted by Gasteiger charge is -2.36. The van der Waals surface area contributed by atoms with Crippen molar-refractivity contribution in [2.45, 2.75) is 13.1 Å². The van der Waals surface area contributed by atoms with Crippen molar-refractivity contribution in [3.05, 3.63) is 47.5 Å². The van der Waals surface area contributed by atoms with E-state index < -0.39 is 0 Å². The summed E-state index contributed by atoms with van der Waals surface area (Å²) < 4.78 is 21.9. The van der Waals surface area contributed by atoms with Gasteiger partial charge in [-0.2, -0.15) is 0 Å². The number of hydrogen-bond donors (Lipinski definition) is 1. The summed E-state index contributed by atoms with van der Waals surface area (Å²) >= 11 is 0. The standard InChI is InChI=1S/C24H34N4O4.HI/c1-25-24(26-16-18-7-6-8-22(31-4)23(18)32-5)28-13-11-27(12-14-28)17-19-15-20(29-2)9-10-21(19)30-3;/h6-10,15H,11-14,16-17H2,1-5H3,(H,25,26);1H. The third-order valence-corrected chi connectivity index (χ3v) is 5.69. The average molecular weight is 570 g/mol. The van der Waals surface area contributed by atoms with Gasteiger partial charge in [0.15, 0.2) is 17.5 Å². The van der Waals surface area contributed by atoms with E-state index in [2.05, 4.69) is 20.1 Å². The van der Waals surface area contributed by atoms with E-state index in [1.54, 1.807) is 28.4 Å². The Morgan fingerprint density at radius 3 is 2.21 bits per heavy atom. The molecule has 0 aliphatic carbocycles. The third-order valence-electron chi connectivity index (χ3n) is 5.69. The molecule has 1 fully saturated rings. The Balaban J connectivity index is 0.00000385. The number of benzene rings is 2. The monoisotopic (exact) mass is 570 g/mol. The van der Waals surface area contributed by atoms with Crippen LogP contribution in [0.15, 0.2) is 41.4 Å². The molecule has 0 atom stereocenters. The van der Waals surface area contributed by atoms with E-state index in [1.165, 1.54) is 0 Å². The van der Waals surface area contributed by atoms with Gasteiger partial charge < -0.3 is 29.2 Å². The molecule has 8 nitrogen and oxygen atoms in total. The maximum atomic E-state index is 5.54. The maximum absolute atomic E-state index is 5.54. The van der Waals surface area contributed by atoms with E-state index in [4.69, 9.17) is 18.9 Å². The molecule has 1 N–H and O–H groups in total. The van der Waals surface area contributed by atoms with E-state index in [-0.39, 0.29) is 24.0 Å². The van der Waals surface area contributed by atoms with Crippen LogP contribution in [-0.2, 0) is 13.1 Å². The number of para-hydroxylation sites is 1. The van der Waals surface area contributed by atoms with Gasteiger partial charge in [-0.05, 0) is 24.3 Å². The first kappa shape index (κ1) is 26.8. The minimum absolute atomic E-state index is 0. The second-order valence-corrected chi connectivity index (χ2v) is 7.49. The maximum Gasteiger partial charge on any atom is 0.194 e. The van der Waals surface area contributed by atoms with Crippen LogP contribution >= 0.6 is 24.0 Å². The number of aliphatic imine (C=N–C) groups is 1. The summed E-state index contributed by atoms with van der Waals surface area (Å²) in [5.41, 5.74) is 2.16. The number of guanidine groups is 1. The third kappa shape index (κ3) is 6.80. The van der Waals surface area contributed by atoms with Crippen molar-refractivity contribution in [1.29, 1.82) is 0 Å². The number of nitrogens with one attached hydrogen (secondary N) is 1. The highest BCUT2D eigenvalue weighted by Crippen LogP contribution is 2.30. The molecule has 0 radical (unpaired) electrons. The first-order valence-corrected chi connectivity index (χ1v) is 10.7. The van der Waals surface area contributed by atoms with Crippen LogP contribution in [0.5, 0.6) is 23.0 Å². The number of ether oxygens (including phenoxy) is 4. The Bertz CT molecular complexity index is 917. The van der Waals surface area contributed by atoms with Gasteiger partial charge in [-0.25, -0.2) is 0 Å². The molecule has 9 heteroatoms. The van der Waals surface area contributed by atoms with Gasteiger partial charge in [0.05, 0.1) is 28.4 Å². The minimum atomic E-state index is 0. The van der Waals surface area contributed by atoms with Gasteiger partial charge in [0.25, 0.3) is 0 Å². The fourth-order valence-corrected chi connectivity index (χ4v) is 3.96. The molecule has 2 aromatic rings. The quantitative estimate of drug-likeness (QED) is 0.297. The van der Waals surface area contributed by atoms with Gasteiger partial charge in [0.1, 0.15) is 11.5 Å². The smallest absolute Gasteiger partial charge is 0.194 e. The largest absolute Gasteiger partial charge is 0.497 e. The van der Waals surface area contributed by atoms with Crippen molar-refractivity contribution in [2.75, 3.05) is 61.7 Å². The molecular formula is C24H35IN4O4. The molecule has 0 spiro atoms. The summed E-state index contributed by atoms with van der Waals surface area (Å²) in [4.78, 5) is 9.19. The van der Waals surface area contributed by atoms with Gasteiger partial charge in [-0.15, -0.1) is 24.0 Å². The molecule has 0 amide bonds. The van der Waals surface area contributed by atoms with Crippen molar-refractivity contribution in [1.82, 2.24) is 15.1 Å². The Labute approximate surface area is 213 Å². The van der Waals surface area contributed by atoms with Crippen LogP contribution in [0.3, 0.4) is 0 Å². The lowest BCUT2D eigenvalue weighted by molar-refractivity contribution is 0.171. The van der Waals surface area contributed by atoms with Gasteiger partial charge in [0, 0.05) is 57.4 Å². The predicted octanol–water partition coefficient (Wildman–Crippen LogP) is 3.23. The zero-order valence-electron chi connectivity index (χ0n) is 20.1. The highest BCUT2D eigenvalue weighted by Gasteiger charge is 2.21. The number of piperazine rings is 1. The number of nitrogens with zero attached hydrogens (tertiary/aromatic N) is 3. The van der Waals surface area contributed by atoms with Crippen LogP contribution in [0.4, 0.5) is 0 Å². The topological polar surface area (TPSA) is 67.8 Å². The summed E-state index contributed by atoms with van der Waals surface area (Å²) in [6.07, 6.45) is 0. The molecule has 182 valence electrons. The number of methoxy groups -OCH3 is 4. The van der Waals surface area contributed by atoms with E-state index in [9.17, 15) is 0 Å². The van der Waals surface area contributed by atoms with E-state index >= 15 is 0 Å². The van der Waals surface area contributed by atoms with Crippen LogP contribution in [0.1, 0.15) is 11.1 Å². The molecule has 1 heterocycles. The Kier molecular flexibility index (Phi) is 10.9. The first-order chi connectivity index (χ1) is 15.6. The number of hydrogen-bond acceptors (Lipinski definition) is 6. The molecule has 2 aromatic carbocycles. The predicted molar refractivity (Wildman–Crippen MR) is 142 cm³/mol. The molecule has 0 saturated carbocycles.